The normalized spacial score (nSPS) is 25.3. The fourth-order valence-electron chi connectivity index (χ4n) is 2.74. The molecule has 0 unspecified atom stereocenters. The lowest BCUT2D eigenvalue weighted by molar-refractivity contribution is -0.129. The number of hydrogen-bond acceptors (Lipinski definition) is 5. The molecule has 2 heterocycles. The number of nitrogens with one attached hydrogen (secondary N) is 2. The van der Waals surface area contributed by atoms with Crippen molar-refractivity contribution in [1.29, 1.82) is 0 Å². The smallest absolute Gasteiger partial charge is 0.242 e. The molecular weight excluding hydrogens is 308 g/mol. The van der Waals surface area contributed by atoms with Crippen molar-refractivity contribution in [2.45, 2.75) is 25.3 Å². The second-order valence-electron chi connectivity index (χ2n) is 5.85. The molecule has 0 aliphatic carbocycles. The maximum atomic E-state index is 12.1. The number of carbonyl (C=O) groups is 2. The average molecular weight is 332 g/mol. The number of amides is 2. The van der Waals surface area contributed by atoms with E-state index in [2.05, 4.69) is 10.6 Å². The third kappa shape index (κ3) is 4.92. The zero-order valence-corrected chi connectivity index (χ0v) is 13.7. The lowest BCUT2D eigenvalue weighted by Crippen LogP contribution is -2.53. The van der Waals surface area contributed by atoms with E-state index in [1.54, 1.807) is 0 Å². The maximum Gasteiger partial charge on any atom is 0.242 e. The van der Waals surface area contributed by atoms with E-state index in [9.17, 15) is 18.0 Å². The van der Waals surface area contributed by atoms with Crippen molar-refractivity contribution in [2.75, 3.05) is 45.5 Å². The lowest BCUT2D eigenvalue weighted by Gasteiger charge is -2.32. The number of carbonyl (C=O) groups excluding carboxylic acids is 2. The topological polar surface area (TPSA) is 98.8 Å². The average Bonchev–Trinajstić information content (AvgIpc) is 2.64. The van der Waals surface area contributed by atoms with Crippen LogP contribution < -0.4 is 10.6 Å². The van der Waals surface area contributed by atoms with Crippen LogP contribution in [0, 0.1) is 0 Å². The second-order valence-corrected chi connectivity index (χ2v) is 7.83. The first-order valence-corrected chi connectivity index (χ1v) is 9.45. The van der Waals surface area contributed by atoms with Crippen LogP contribution in [0.3, 0.4) is 0 Å². The Hall–Kier alpha value is -1.19. The Kier molecular flexibility index (Phi) is 5.76. The predicted molar refractivity (Wildman–Crippen MR) is 81.6 cm³/mol. The summed E-state index contributed by atoms with van der Waals surface area (Å²) < 4.78 is 24.3. The molecule has 2 aliphatic rings. The summed E-state index contributed by atoms with van der Waals surface area (Å²) in [6, 6.07) is -0.452. The summed E-state index contributed by atoms with van der Waals surface area (Å²) in [7, 11) is -3.16. The Balaban J connectivity index is 1.77. The van der Waals surface area contributed by atoms with Crippen molar-refractivity contribution >= 4 is 21.8 Å². The molecule has 2 rings (SSSR count). The van der Waals surface area contributed by atoms with E-state index in [1.807, 2.05) is 4.90 Å². The monoisotopic (exact) mass is 332 g/mol. The SMILES string of the molecule is CS(=O)(=O)N1CCN(CC(=O)N[C@@H]2CCCCNC2=O)CC1. The summed E-state index contributed by atoms with van der Waals surface area (Å²) in [5.74, 6) is -0.303. The molecule has 0 aromatic rings. The van der Waals surface area contributed by atoms with Crippen LogP contribution in [0.25, 0.3) is 0 Å². The van der Waals surface area contributed by atoms with E-state index in [4.69, 9.17) is 0 Å². The second kappa shape index (κ2) is 7.38. The van der Waals surface area contributed by atoms with Crippen LogP contribution in [-0.4, -0.2) is 81.0 Å². The summed E-state index contributed by atoms with van der Waals surface area (Å²) in [6.45, 7) is 2.71. The number of rotatable bonds is 4. The van der Waals surface area contributed by atoms with Gasteiger partial charge < -0.3 is 10.6 Å². The molecule has 0 radical (unpaired) electrons. The fourth-order valence-corrected chi connectivity index (χ4v) is 3.57. The van der Waals surface area contributed by atoms with Gasteiger partial charge in [-0.15, -0.1) is 0 Å². The van der Waals surface area contributed by atoms with E-state index in [0.29, 0.717) is 39.1 Å². The molecule has 1 atom stereocenters. The van der Waals surface area contributed by atoms with Gasteiger partial charge in [-0.3, -0.25) is 14.5 Å². The van der Waals surface area contributed by atoms with Gasteiger partial charge in [0, 0.05) is 32.7 Å². The van der Waals surface area contributed by atoms with Crippen LogP contribution in [0.15, 0.2) is 0 Å². The molecule has 0 saturated carbocycles. The highest BCUT2D eigenvalue weighted by atomic mass is 32.2. The van der Waals surface area contributed by atoms with Crippen LogP contribution in [0.2, 0.25) is 0 Å². The molecule has 0 aromatic carbocycles. The molecule has 0 bridgehead atoms. The molecule has 0 spiro atoms. The van der Waals surface area contributed by atoms with E-state index in [1.165, 1.54) is 10.6 Å². The van der Waals surface area contributed by atoms with Gasteiger partial charge >= 0.3 is 0 Å². The first-order chi connectivity index (χ1) is 10.4. The zero-order valence-electron chi connectivity index (χ0n) is 12.9. The quantitative estimate of drug-likeness (QED) is 0.643. The largest absolute Gasteiger partial charge is 0.354 e. The molecule has 2 fully saturated rings. The Morgan fingerprint density at radius 2 is 1.95 bits per heavy atom. The molecule has 126 valence electrons. The Bertz CT molecular complexity index is 514. The minimum Gasteiger partial charge on any atom is -0.354 e. The fraction of sp³-hybridized carbons (Fsp3) is 0.846. The first-order valence-electron chi connectivity index (χ1n) is 7.61. The zero-order chi connectivity index (χ0) is 16.2. The number of nitrogens with zero attached hydrogens (tertiary/aromatic N) is 2. The van der Waals surface area contributed by atoms with E-state index in [-0.39, 0.29) is 18.4 Å². The van der Waals surface area contributed by atoms with Crippen LogP contribution in [0.5, 0.6) is 0 Å². The van der Waals surface area contributed by atoms with Crippen molar-refractivity contribution in [3.05, 3.63) is 0 Å². The summed E-state index contributed by atoms with van der Waals surface area (Å²) in [4.78, 5) is 25.7. The summed E-state index contributed by atoms with van der Waals surface area (Å²) >= 11 is 0. The molecule has 8 nitrogen and oxygen atoms in total. The lowest BCUT2D eigenvalue weighted by atomic mass is 10.1. The van der Waals surface area contributed by atoms with Gasteiger partial charge in [0.2, 0.25) is 21.8 Å². The Morgan fingerprint density at radius 3 is 2.59 bits per heavy atom. The summed E-state index contributed by atoms with van der Waals surface area (Å²) in [6.07, 6.45) is 3.71. The van der Waals surface area contributed by atoms with Gasteiger partial charge in [-0.2, -0.15) is 4.31 Å². The molecule has 2 aliphatic heterocycles. The molecule has 0 aromatic heterocycles. The van der Waals surface area contributed by atoms with Crippen LogP contribution in [-0.2, 0) is 19.6 Å². The van der Waals surface area contributed by atoms with Crippen molar-refractivity contribution in [2.24, 2.45) is 0 Å². The molecular formula is C13H24N4O4S. The minimum atomic E-state index is -3.16. The van der Waals surface area contributed by atoms with Crippen molar-refractivity contribution < 1.29 is 18.0 Å². The van der Waals surface area contributed by atoms with Crippen molar-refractivity contribution in [3.63, 3.8) is 0 Å². The van der Waals surface area contributed by atoms with Gasteiger partial charge in [0.15, 0.2) is 0 Å². The Morgan fingerprint density at radius 1 is 1.27 bits per heavy atom. The highest BCUT2D eigenvalue weighted by molar-refractivity contribution is 7.88. The van der Waals surface area contributed by atoms with Gasteiger partial charge in [-0.1, -0.05) is 0 Å². The third-order valence-electron chi connectivity index (χ3n) is 4.04. The van der Waals surface area contributed by atoms with Crippen molar-refractivity contribution in [1.82, 2.24) is 19.8 Å². The van der Waals surface area contributed by atoms with Gasteiger partial charge in [0.1, 0.15) is 6.04 Å². The molecule has 22 heavy (non-hydrogen) atoms. The van der Waals surface area contributed by atoms with E-state index >= 15 is 0 Å². The van der Waals surface area contributed by atoms with Gasteiger partial charge in [0.05, 0.1) is 12.8 Å². The standard InChI is InChI=1S/C13H24N4O4S/c1-22(20,21)17-8-6-16(7-9-17)10-12(18)15-11-4-2-3-5-14-13(11)19/h11H,2-10H2,1H3,(H,14,19)(H,15,18)/t11-/m1/s1. The van der Waals surface area contributed by atoms with Crippen LogP contribution >= 0.6 is 0 Å². The first kappa shape index (κ1) is 17.2. The predicted octanol–water partition coefficient (Wildman–Crippen LogP) is -1.65. The Labute approximate surface area is 131 Å². The number of sulfonamides is 1. The minimum absolute atomic E-state index is 0.118. The molecule has 2 saturated heterocycles. The van der Waals surface area contributed by atoms with Crippen LogP contribution in [0.4, 0.5) is 0 Å². The number of hydrogen-bond donors (Lipinski definition) is 2. The molecule has 2 amide bonds. The van der Waals surface area contributed by atoms with Crippen molar-refractivity contribution in [3.8, 4) is 0 Å². The number of piperazine rings is 1. The maximum absolute atomic E-state index is 12.1. The highest BCUT2D eigenvalue weighted by Gasteiger charge is 2.26. The van der Waals surface area contributed by atoms with Gasteiger partial charge in [-0.25, -0.2) is 8.42 Å². The van der Waals surface area contributed by atoms with Gasteiger partial charge in [0.25, 0.3) is 0 Å². The highest BCUT2D eigenvalue weighted by Crippen LogP contribution is 2.07. The van der Waals surface area contributed by atoms with Gasteiger partial charge in [-0.05, 0) is 19.3 Å². The van der Waals surface area contributed by atoms with E-state index < -0.39 is 16.1 Å². The molecule has 9 heteroatoms. The third-order valence-corrected chi connectivity index (χ3v) is 5.34. The van der Waals surface area contributed by atoms with Crippen LogP contribution in [0.1, 0.15) is 19.3 Å². The van der Waals surface area contributed by atoms with E-state index in [0.717, 1.165) is 12.8 Å². The summed E-state index contributed by atoms with van der Waals surface area (Å²) in [5.41, 5.74) is 0. The molecule has 2 N–H and O–H groups in total. The summed E-state index contributed by atoms with van der Waals surface area (Å²) in [5, 5.41) is 5.56.